The van der Waals surface area contributed by atoms with Crippen LogP contribution in [0.4, 0.5) is 0 Å². The molecule has 152 valence electrons. The fourth-order valence-electron chi connectivity index (χ4n) is 3.09. The maximum atomic E-state index is 12.3. The monoisotopic (exact) mass is 385 g/mol. The van der Waals surface area contributed by atoms with Crippen LogP contribution in [0.1, 0.15) is 45.1 Å². The van der Waals surface area contributed by atoms with Crippen LogP contribution < -0.4 is 10.6 Å². The van der Waals surface area contributed by atoms with Gasteiger partial charge in [-0.3, -0.25) is 14.4 Å². The molecule has 0 aliphatic carbocycles. The number of amides is 3. The predicted molar refractivity (Wildman–Crippen MR) is 110 cm³/mol. The van der Waals surface area contributed by atoms with Crippen molar-refractivity contribution in [1.82, 2.24) is 15.5 Å². The Hall–Kier alpha value is -2.63. The van der Waals surface area contributed by atoms with E-state index < -0.39 is 0 Å². The SMILES string of the molecule is CCC(C)NC(=O)CCNC(=O)C1CCN(C(=O)/C=C/c2ccccc2)CC1. The molecule has 1 aromatic rings. The minimum absolute atomic E-state index is 0.0237. The highest BCUT2D eigenvalue weighted by molar-refractivity contribution is 5.92. The third-order valence-electron chi connectivity index (χ3n) is 5.07. The molecule has 1 aliphatic heterocycles. The van der Waals surface area contributed by atoms with Gasteiger partial charge in [0.15, 0.2) is 0 Å². The van der Waals surface area contributed by atoms with Gasteiger partial charge in [0.2, 0.25) is 17.7 Å². The van der Waals surface area contributed by atoms with Crippen LogP contribution in [0.2, 0.25) is 0 Å². The molecule has 2 N–H and O–H groups in total. The molecular formula is C22H31N3O3. The van der Waals surface area contributed by atoms with Gasteiger partial charge in [-0.15, -0.1) is 0 Å². The molecule has 1 aliphatic rings. The summed E-state index contributed by atoms with van der Waals surface area (Å²) in [6.07, 6.45) is 5.87. The van der Waals surface area contributed by atoms with Crippen LogP contribution in [-0.2, 0) is 14.4 Å². The number of likely N-dealkylation sites (tertiary alicyclic amines) is 1. The van der Waals surface area contributed by atoms with Gasteiger partial charge >= 0.3 is 0 Å². The zero-order valence-corrected chi connectivity index (χ0v) is 16.8. The van der Waals surface area contributed by atoms with Crippen LogP contribution in [0.25, 0.3) is 6.08 Å². The van der Waals surface area contributed by atoms with E-state index in [1.165, 1.54) is 0 Å². The van der Waals surface area contributed by atoms with Crippen molar-refractivity contribution < 1.29 is 14.4 Å². The first-order chi connectivity index (χ1) is 13.5. The number of carbonyl (C=O) groups is 3. The summed E-state index contributed by atoms with van der Waals surface area (Å²) < 4.78 is 0. The molecule has 0 spiro atoms. The van der Waals surface area contributed by atoms with Crippen LogP contribution in [0.5, 0.6) is 0 Å². The molecule has 1 atom stereocenters. The third-order valence-corrected chi connectivity index (χ3v) is 5.07. The van der Waals surface area contributed by atoms with Gasteiger partial charge in [0, 0.05) is 44.1 Å². The van der Waals surface area contributed by atoms with Crippen molar-refractivity contribution in [3.8, 4) is 0 Å². The van der Waals surface area contributed by atoms with E-state index >= 15 is 0 Å². The Morgan fingerprint density at radius 2 is 1.86 bits per heavy atom. The fraction of sp³-hybridized carbons (Fsp3) is 0.500. The molecular weight excluding hydrogens is 354 g/mol. The normalized spacial score (nSPS) is 16.0. The number of hydrogen-bond donors (Lipinski definition) is 2. The summed E-state index contributed by atoms with van der Waals surface area (Å²) >= 11 is 0. The van der Waals surface area contributed by atoms with Gasteiger partial charge in [-0.1, -0.05) is 37.3 Å². The molecule has 1 aromatic carbocycles. The Kier molecular flexibility index (Phi) is 8.72. The quantitative estimate of drug-likeness (QED) is 0.675. The lowest BCUT2D eigenvalue weighted by Gasteiger charge is -2.30. The Labute approximate surface area is 167 Å². The van der Waals surface area contributed by atoms with Gasteiger partial charge in [0.05, 0.1) is 0 Å². The van der Waals surface area contributed by atoms with Crippen molar-refractivity contribution in [3.63, 3.8) is 0 Å². The number of benzene rings is 1. The van der Waals surface area contributed by atoms with Gasteiger partial charge < -0.3 is 15.5 Å². The number of rotatable bonds is 8. The maximum absolute atomic E-state index is 12.3. The highest BCUT2D eigenvalue weighted by atomic mass is 16.2. The van der Waals surface area contributed by atoms with E-state index in [0.29, 0.717) is 32.5 Å². The lowest BCUT2D eigenvalue weighted by molar-refractivity contribution is -0.132. The number of nitrogens with zero attached hydrogens (tertiary/aromatic N) is 1. The van der Waals surface area contributed by atoms with Crippen LogP contribution in [0, 0.1) is 5.92 Å². The van der Waals surface area contributed by atoms with Gasteiger partial charge in [-0.2, -0.15) is 0 Å². The second-order valence-corrected chi connectivity index (χ2v) is 7.26. The van der Waals surface area contributed by atoms with Gasteiger partial charge in [-0.25, -0.2) is 0 Å². The minimum Gasteiger partial charge on any atom is -0.355 e. The first-order valence-electron chi connectivity index (χ1n) is 10.1. The predicted octanol–water partition coefficient (Wildman–Crippen LogP) is 2.36. The number of hydrogen-bond acceptors (Lipinski definition) is 3. The van der Waals surface area contributed by atoms with Crippen LogP contribution in [0.15, 0.2) is 36.4 Å². The molecule has 28 heavy (non-hydrogen) atoms. The van der Waals surface area contributed by atoms with Gasteiger partial charge in [0.1, 0.15) is 0 Å². The van der Waals surface area contributed by atoms with Crippen LogP contribution in [-0.4, -0.2) is 48.3 Å². The molecule has 3 amide bonds. The number of nitrogens with one attached hydrogen (secondary N) is 2. The highest BCUT2D eigenvalue weighted by Crippen LogP contribution is 2.18. The van der Waals surface area contributed by atoms with Crippen molar-refractivity contribution in [3.05, 3.63) is 42.0 Å². The standard InChI is InChI=1S/C22H31N3O3/c1-3-17(2)24-20(26)11-14-23-22(28)19-12-15-25(16-13-19)21(27)10-9-18-7-5-4-6-8-18/h4-10,17,19H,3,11-16H2,1-2H3,(H,23,28)(H,24,26)/b10-9+. The smallest absolute Gasteiger partial charge is 0.246 e. The van der Waals surface area contributed by atoms with Gasteiger partial charge in [0.25, 0.3) is 0 Å². The highest BCUT2D eigenvalue weighted by Gasteiger charge is 2.26. The first-order valence-corrected chi connectivity index (χ1v) is 10.1. The summed E-state index contributed by atoms with van der Waals surface area (Å²) in [6.45, 7) is 5.47. The topological polar surface area (TPSA) is 78.5 Å². The summed E-state index contributed by atoms with van der Waals surface area (Å²) in [7, 11) is 0. The summed E-state index contributed by atoms with van der Waals surface area (Å²) in [5, 5.41) is 5.73. The molecule has 1 heterocycles. The Morgan fingerprint density at radius 1 is 1.18 bits per heavy atom. The Balaban J connectivity index is 1.68. The number of piperidine rings is 1. The summed E-state index contributed by atoms with van der Waals surface area (Å²) in [6, 6.07) is 9.85. The summed E-state index contributed by atoms with van der Waals surface area (Å²) in [5.74, 6) is -0.187. The second kappa shape index (κ2) is 11.3. The van der Waals surface area contributed by atoms with E-state index in [1.807, 2.05) is 50.3 Å². The summed E-state index contributed by atoms with van der Waals surface area (Å²) in [5.41, 5.74) is 0.988. The van der Waals surface area contributed by atoms with Crippen molar-refractivity contribution >= 4 is 23.8 Å². The van der Waals surface area contributed by atoms with Gasteiger partial charge in [-0.05, 0) is 37.8 Å². The molecule has 0 saturated carbocycles. The zero-order valence-electron chi connectivity index (χ0n) is 16.8. The number of carbonyl (C=O) groups excluding carboxylic acids is 3. The molecule has 6 nitrogen and oxygen atoms in total. The average molecular weight is 386 g/mol. The van der Waals surface area contributed by atoms with Crippen molar-refractivity contribution in [2.75, 3.05) is 19.6 Å². The van der Waals surface area contributed by atoms with E-state index in [2.05, 4.69) is 10.6 Å². The van der Waals surface area contributed by atoms with E-state index in [-0.39, 0.29) is 36.1 Å². The molecule has 0 aromatic heterocycles. The molecule has 6 heteroatoms. The molecule has 0 radical (unpaired) electrons. The fourth-order valence-corrected chi connectivity index (χ4v) is 3.09. The van der Waals surface area contributed by atoms with Crippen molar-refractivity contribution in [2.45, 2.75) is 45.6 Å². The van der Waals surface area contributed by atoms with E-state index in [4.69, 9.17) is 0 Å². The lowest BCUT2D eigenvalue weighted by Crippen LogP contribution is -2.43. The Morgan fingerprint density at radius 3 is 2.50 bits per heavy atom. The second-order valence-electron chi connectivity index (χ2n) is 7.26. The van der Waals surface area contributed by atoms with Crippen molar-refractivity contribution in [1.29, 1.82) is 0 Å². The minimum atomic E-state index is -0.0974. The van der Waals surface area contributed by atoms with Crippen molar-refractivity contribution in [2.24, 2.45) is 5.92 Å². The zero-order chi connectivity index (χ0) is 20.4. The maximum Gasteiger partial charge on any atom is 0.246 e. The molecule has 1 fully saturated rings. The molecule has 0 bridgehead atoms. The third kappa shape index (κ3) is 7.18. The molecule has 1 unspecified atom stereocenters. The lowest BCUT2D eigenvalue weighted by atomic mass is 9.95. The first kappa shape index (κ1) is 21.7. The van der Waals surface area contributed by atoms with Crippen LogP contribution in [0.3, 0.4) is 0 Å². The van der Waals surface area contributed by atoms with E-state index in [1.54, 1.807) is 11.0 Å². The summed E-state index contributed by atoms with van der Waals surface area (Å²) in [4.78, 5) is 38.1. The van der Waals surface area contributed by atoms with Crippen LogP contribution >= 0.6 is 0 Å². The average Bonchev–Trinajstić information content (AvgIpc) is 2.72. The Bertz CT molecular complexity index is 680. The van der Waals surface area contributed by atoms with E-state index in [0.717, 1.165) is 12.0 Å². The molecule has 1 saturated heterocycles. The van der Waals surface area contributed by atoms with E-state index in [9.17, 15) is 14.4 Å². The molecule has 2 rings (SSSR count). The largest absolute Gasteiger partial charge is 0.355 e.